The third kappa shape index (κ3) is 2.85. The first-order valence-corrected chi connectivity index (χ1v) is 4.53. The van der Waals surface area contributed by atoms with Gasteiger partial charge in [0.05, 0.1) is 12.1 Å². The van der Waals surface area contributed by atoms with Crippen molar-refractivity contribution in [2.45, 2.75) is 19.4 Å². The predicted molar refractivity (Wildman–Crippen MR) is 55.1 cm³/mol. The standard InChI is InChI=1S/C11H15NO2/c1-11(2,8-13)12-10(14)9-6-4-3-5-7-9/h3-7,13H,8H2,1-2H3,(H,12,14)/i10+2. The van der Waals surface area contributed by atoms with Gasteiger partial charge in [0.1, 0.15) is 0 Å². The van der Waals surface area contributed by atoms with Crippen molar-refractivity contribution in [2.24, 2.45) is 0 Å². The average molecular weight is 195 g/mol. The number of hydrogen-bond acceptors (Lipinski definition) is 2. The summed E-state index contributed by atoms with van der Waals surface area (Å²) >= 11 is 0. The van der Waals surface area contributed by atoms with Crippen molar-refractivity contribution in [3.8, 4) is 0 Å². The maximum atomic E-state index is 11.6. The molecule has 0 heterocycles. The average Bonchev–Trinajstić information content (AvgIpc) is 2.19. The van der Waals surface area contributed by atoms with Crippen LogP contribution in [0.4, 0.5) is 0 Å². The van der Waals surface area contributed by atoms with Crippen LogP contribution in [0.15, 0.2) is 30.3 Å². The van der Waals surface area contributed by atoms with E-state index in [0.717, 1.165) is 0 Å². The monoisotopic (exact) mass is 195 g/mol. The van der Waals surface area contributed by atoms with Gasteiger partial charge in [-0.3, -0.25) is 4.79 Å². The smallest absolute Gasteiger partial charge is 0.251 e. The van der Waals surface area contributed by atoms with Gasteiger partial charge in [0, 0.05) is 5.56 Å². The first kappa shape index (κ1) is 10.7. The van der Waals surface area contributed by atoms with Crippen molar-refractivity contribution < 1.29 is 9.90 Å². The predicted octanol–water partition coefficient (Wildman–Crippen LogP) is 1.19. The summed E-state index contributed by atoms with van der Waals surface area (Å²) in [7, 11) is 0. The second-order valence-corrected chi connectivity index (χ2v) is 3.86. The van der Waals surface area contributed by atoms with Gasteiger partial charge in [-0.1, -0.05) is 18.2 Å². The number of hydrogen-bond donors (Lipinski definition) is 2. The Labute approximate surface area is 83.8 Å². The summed E-state index contributed by atoms with van der Waals surface area (Å²) in [6.45, 7) is 3.47. The highest BCUT2D eigenvalue weighted by molar-refractivity contribution is 5.94. The summed E-state index contributed by atoms with van der Waals surface area (Å²) in [5.74, 6) is -0.162. The van der Waals surface area contributed by atoms with E-state index in [1.54, 1.807) is 38.1 Å². The Hall–Kier alpha value is -1.35. The van der Waals surface area contributed by atoms with Crippen LogP contribution in [-0.2, 0) is 0 Å². The molecule has 0 unspecified atom stereocenters. The molecule has 1 amide bonds. The summed E-state index contributed by atoms with van der Waals surface area (Å²) < 4.78 is 0. The Morgan fingerprint density at radius 2 is 1.93 bits per heavy atom. The maximum absolute atomic E-state index is 11.6. The van der Waals surface area contributed by atoms with Crippen LogP contribution in [0, 0.1) is 0 Å². The highest BCUT2D eigenvalue weighted by atomic mass is 16.3. The lowest BCUT2D eigenvalue weighted by atomic mass is 10.1. The third-order valence-electron chi connectivity index (χ3n) is 1.88. The number of nitrogens with one attached hydrogen (secondary N) is 1. The molecule has 0 atom stereocenters. The summed E-state index contributed by atoms with van der Waals surface area (Å²) in [5, 5.41) is 11.7. The molecule has 1 aromatic carbocycles. The molecular formula is C11H15NO2. The molecule has 0 aliphatic heterocycles. The molecular weight excluding hydrogens is 180 g/mol. The second kappa shape index (κ2) is 4.24. The van der Waals surface area contributed by atoms with Crippen LogP contribution in [0.3, 0.4) is 0 Å². The number of aliphatic hydroxyl groups excluding tert-OH is 1. The molecule has 0 aliphatic carbocycles. The van der Waals surface area contributed by atoms with Crippen LogP contribution in [-0.4, -0.2) is 23.2 Å². The highest BCUT2D eigenvalue weighted by Crippen LogP contribution is 2.04. The number of rotatable bonds is 3. The zero-order valence-corrected chi connectivity index (χ0v) is 8.45. The Morgan fingerprint density at radius 1 is 1.36 bits per heavy atom. The normalized spacial score (nSPS) is 11.1. The number of benzene rings is 1. The van der Waals surface area contributed by atoms with Crippen molar-refractivity contribution in [1.82, 2.24) is 5.32 Å². The number of amides is 1. The molecule has 0 saturated carbocycles. The SMILES string of the molecule is CC(C)(CO)N[14C](=O)c1ccccc1. The van der Waals surface area contributed by atoms with Gasteiger partial charge in [-0.15, -0.1) is 0 Å². The van der Waals surface area contributed by atoms with Crippen molar-refractivity contribution >= 4 is 5.91 Å². The molecule has 1 aromatic rings. The van der Waals surface area contributed by atoms with Gasteiger partial charge in [0.15, 0.2) is 0 Å². The Bertz CT molecular complexity index is 306. The van der Waals surface area contributed by atoms with Gasteiger partial charge in [-0.2, -0.15) is 0 Å². The lowest BCUT2D eigenvalue weighted by Gasteiger charge is -2.23. The molecule has 1 rings (SSSR count). The molecule has 76 valence electrons. The van der Waals surface area contributed by atoms with E-state index in [-0.39, 0.29) is 12.5 Å². The van der Waals surface area contributed by atoms with E-state index >= 15 is 0 Å². The van der Waals surface area contributed by atoms with Crippen LogP contribution >= 0.6 is 0 Å². The molecule has 0 aromatic heterocycles. The van der Waals surface area contributed by atoms with Crippen molar-refractivity contribution in [1.29, 1.82) is 0 Å². The molecule has 0 bridgehead atoms. The van der Waals surface area contributed by atoms with Crippen molar-refractivity contribution in [3.05, 3.63) is 35.9 Å². The fraction of sp³-hybridized carbons (Fsp3) is 0.364. The number of carbonyl (C=O) groups is 1. The first-order valence-electron chi connectivity index (χ1n) is 4.53. The van der Waals surface area contributed by atoms with Crippen molar-refractivity contribution in [3.63, 3.8) is 0 Å². The van der Waals surface area contributed by atoms with Gasteiger partial charge >= 0.3 is 0 Å². The van der Waals surface area contributed by atoms with Gasteiger partial charge in [0.2, 0.25) is 0 Å². The van der Waals surface area contributed by atoms with E-state index in [0.29, 0.717) is 5.56 Å². The molecule has 0 fully saturated rings. The molecule has 0 saturated heterocycles. The minimum absolute atomic E-state index is 0.0778. The van der Waals surface area contributed by atoms with Gasteiger partial charge in [-0.25, -0.2) is 0 Å². The molecule has 3 heteroatoms. The van der Waals surface area contributed by atoms with Crippen LogP contribution < -0.4 is 5.32 Å². The largest absolute Gasteiger partial charge is 0.394 e. The van der Waals surface area contributed by atoms with Gasteiger partial charge in [-0.05, 0) is 26.0 Å². The molecule has 0 aliphatic rings. The Kier molecular flexibility index (Phi) is 3.25. The van der Waals surface area contributed by atoms with Gasteiger partial charge < -0.3 is 10.4 Å². The van der Waals surface area contributed by atoms with Crippen LogP contribution in [0.1, 0.15) is 24.2 Å². The minimum Gasteiger partial charge on any atom is -0.394 e. The van der Waals surface area contributed by atoms with Gasteiger partial charge in [0.25, 0.3) is 5.91 Å². The zero-order chi connectivity index (χ0) is 10.6. The van der Waals surface area contributed by atoms with E-state index in [1.807, 2.05) is 6.07 Å². The van der Waals surface area contributed by atoms with E-state index in [9.17, 15) is 4.79 Å². The lowest BCUT2D eigenvalue weighted by Crippen LogP contribution is -2.46. The Morgan fingerprint density at radius 3 is 2.43 bits per heavy atom. The van der Waals surface area contributed by atoms with E-state index in [4.69, 9.17) is 5.11 Å². The second-order valence-electron chi connectivity index (χ2n) is 3.86. The number of carbonyl (C=O) groups excluding carboxylic acids is 1. The topological polar surface area (TPSA) is 49.3 Å². The molecule has 0 radical (unpaired) electrons. The summed E-state index contributed by atoms with van der Waals surface area (Å²) in [6.07, 6.45) is 0. The molecule has 3 nitrogen and oxygen atoms in total. The third-order valence-corrected chi connectivity index (χ3v) is 1.88. The quantitative estimate of drug-likeness (QED) is 0.761. The van der Waals surface area contributed by atoms with E-state index < -0.39 is 5.54 Å². The summed E-state index contributed by atoms with van der Waals surface area (Å²) in [6, 6.07) is 8.95. The highest BCUT2D eigenvalue weighted by Gasteiger charge is 2.19. The maximum Gasteiger partial charge on any atom is 0.251 e. The van der Waals surface area contributed by atoms with Crippen LogP contribution in [0.25, 0.3) is 0 Å². The van der Waals surface area contributed by atoms with Crippen LogP contribution in [0.2, 0.25) is 0 Å². The van der Waals surface area contributed by atoms with E-state index in [1.165, 1.54) is 0 Å². The lowest BCUT2D eigenvalue weighted by molar-refractivity contribution is 0.0869. The van der Waals surface area contributed by atoms with Crippen LogP contribution in [0.5, 0.6) is 0 Å². The number of aliphatic hydroxyl groups is 1. The van der Waals surface area contributed by atoms with E-state index in [2.05, 4.69) is 5.32 Å². The molecule has 2 N–H and O–H groups in total. The molecule has 0 spiro atoms. The summed E-state index contributed by atoms with van der Waals surface area (Å²) in [5.41, 5.74) is 0.0291. The first-order chi connectivity index (χ1) is 6.55. The zero-order valence-electron chi connectivity index (χ0n) is 8.45. The fourth-order valence-corrected chi connectivity index (χ4v) is 1.01. The minimum atomic E-state index is -0.576. The summed E-state index contributed by atoms with van der Waals surface area (Å²) in [4.78, 5) is 11.6. The fourth-order valence-electron chi connectivity index (χ4n) is 1.01. The molecule has 14 heavy (non-hydrogen) atoms. The Balaban J connectivity index is 2.69. The van der Waals surface area contributed by atoms with Crippen molar-refractivity contribution in [2.75, 3.05) is 6.61 Å².